The first-order valence-electron chi connectivity index (χ1n) is 5.64. The molecule has 0 unspecified atom stereocenters. The first-order valence-corrected chi connectivity index (χ1v) is 5.64. The molecule has 0 amide bonds. The molecule has 0 spiro atoms. The third kappa shape index (κ3) is 1.40. The first kappa shape index (κ1) is 10.8. The highest BCUT2D eigenvalue weighted by Crippen LogP contribution is 2.33. The molecule has 4 nitrogen and oxygen atoms in total. The quantitative estimate of drug-likeness (QED) is 0.691. The van der Waals surface area contributed by atoms with Crippen molar-refractivity contribution >= 4 is 16.7 Å². The second kappa shape index (κ2) is 3.60. The van der Waals surface area contributed by atoms with Crippen LogP contribution in [0.5, 0.6) is 0 Å². The van der Waals surface area contributed by atoms with Gasteiger partial charge >= 0.3 is 0 Å². The van der Waals surface area contributed by atoms with Crippen molar-refractivity contribution in [2.45, 2.75) is 6.92 Å². The molecule has 2 aromatic heterocycles. The molecule has 5 heteroatoms. The summed E-state index contributed by atoms with van der Waals surface area (Å²) in [6.07, 6.45) is 0. The molecule has 0 aliphatic carbocycles. The van der Waals surface area contributed by atoms with Crippen LogP contribution in [0.15, 0.2) is 24.3 Å². The van der Waals surface area contributed by atoms with Gasteiger partial charge in [0.2, 0.25) is 0 Å². The van der Waals surface area contributed by atoms with E-state index in [2.05, 4.69) is 10.1 Å². The van der Waals surface area contributed by atoms with Crippen molar-refractivity contribution in [3.8, 4) is 11.3 Å². The fourth-order valence-electron chi connectivity index (χ4n) is 2.26. The number of benzene rings is 1. The van der Waals surface area contributed by atoms with Crippen molar-refractivity contribution in [2.75, 3.05) is 5.73 Å². The van der Waals surface area contributed by atoms with Crippen LogP contribution in [0.2, 0.25) is 0 Å². The Kier molecular flexibility index (Phi) is 2.16. The monoisotopic (exact) mass is 244 g/mol. The van der Waals surface area contributed by atoms with E-state index in [0.29, 0.717) is 16.9 Å². The lowest BCUT2D eigenvalue weighted by Gasteiger charge is -1.97. The Balaban J connectivity index is 2.38. The van der Waals surface area contributed by atoms with Gasteiger partial charge in [0.25, 0.3) is 0 Å². The molecule has 0 aliphatic heterocycles. The summed E-state index contributed by atoms with van der Waals surface area (Å²) in [5, 5.41) is 4.87. The molecule has 0 fully saturated rings. The zero-order chi connectivity index (χ0) is 12.9. The molecule has 1 aromatic carbocycles. The number of hydrogen-bond donors (Lipinski definition) is 2. The Bertz CT molecular complexity index is 719. The predicted octanol–water partition coefficient (Wildman–Crippen LogP) is 2.60. The maximum atomic E-state index is 14.0. The summed E-state index contributed by atoms with van der Waals surface area (Å²) in [5.41, 5.74) is 8.89. The van der Waals surface area contributed by atoms with Gasteiger partial charge in [0.05, 0.1) is 5.69 Å². The largest absolute Gasteiger partial charge is 0.384 e. The van der Waals surface area contributed by atoms with Gasteiger partial charge in [0.15, 0.2) is 0 Å². The number of rotatable bonds is 1. The lowest BCUT2D eigenvalue weighted by Crippen LogP contribution is -1.96. The number of H-pyrrole nitrogens is 1. The summed E-state index contributed by atoms with van der Waals surface area (Å²) in [4.78, 5) is 3.17. The predicted molar refractivity (Wildman–Crippen MR) is 69.6 cm³/mol. The minimum absolute atomic E-state index is 0.254. The summed E-state index contributed by atoms with van der Waals surface area (Å²) in [6.45, 7) is 1.90. The van der Waals surface area contributed by atoms with E-state index in [-0.39, 0.29) is 5.82 Å². The second-order valence-electron chi connectivity index (χ2n) is 4.37. The number of anilines is 1. The van der Waals surface area contributed by atoms with Crippen LogP contribution in [0.1, 0.15) is 5.69 Å². The third-order valence-electron chi connectivity index (χ3n) is 3.13. The Morgan fingerprint density at radius 3 is 2.83 bits per heavy atom. The molecule has 0 bridgehead atoms. The third-order valence-corrected chi connectivity index (χ3v) is 3.13. The van der Waals surface area contributed by atoms with Gasteiger partial charge in [-0.05, 0) is 19.1 Å². The van der Waals surface area contributed by atoms with Gasteiger partial charge < -0.3 is 10.7 Å². The van der Waals surface area contributed by atoms with Crippen molar-refractivity contribution in [3.05, 3.63) is 35.8 Å². The van der Waals surface area contributed by atoms with Crippen LogP contribution in [-0.2, 0) is 7.05 Å². The second-order valence-corrected chi connectivity index (χ2v) is 4.37. The van der Waals surface area contributed by atoms with E-state index in [4.69, 9.17) is 5.73 Å². The van der Waals surface area contributed by atoms with Crippen LogP contribution in [-0.4, -0.2) is 14.8 Å². The summed E-state index contributed by atoms with van der Waals surface area (Å²) in [7, 11) is 1.76. The molecule has 3 N–H and O–H groups in total. The average molecular weight is 244 g/mol. The molecule has 0 aliphatic rings. The summed E-state index contributed by atoms with van der Waals surface area (Å²) in [5.74, 6) is 0.297. The van der Waals surface area contributed by atoms with Gasteiger partial charge in [-0.2, -0.15) is 5.10 Å². The molecular weight excluding hydrogens is 231 g/mol. The Morgan fingerprint density at radius 2 is 2.17 bits per heavy atom. The van der Waals surface area contributed by atoms with E-state index >= 15 is 0 Å². The molecule has 18 heavy (non-hydrogen) atoms. The smallest absolute Gasteiger partial charge is 0.133 e. The van der Waals surface area contributed by atoms with Gasteiger partial charge in [-0.3, -0.25) is 4.68 Å². The molecule has 0 atom stereocenters. The van der Waals surface area contributed by atoms with Gasteiger partial charge in [-0.25, -0.2) is 4.39 Å². The van der Waals surface area contributed by atoms with Crippen LogP contribution in [0.25, 0.3) is 22.2 Å². The van der Waals surface area contributed by atoms with E-state index in [1.807, 2.05) is 13.0 Å². The highest BCUT2D eigenvalue weighted by molar-refractivity contribution is 5.97. The van der Waals surface area contributed by atoms with Crippen LogP contribution in [0, 0.1) is 12.7 Å². The van der Waals surface area contributed by atoms with Crippen molar-refractivity contribution in [3.63, 3.8) is 0 Å². The van der Waals surface area contributed by atoms with Crippen LogP contribution in [0.4, 0.5) is 10.2 Å². The number of aryl methyl sites for hydroxylation is 2. The average Bonchev–Trinajstić information content (AvgIpc) is 2.80. The number of nitrogens with two attached hydrogens (primary N) is 1. The standard InChI is InChI=1S/C13H13FN4/c1-7-12(10-6-11(15)18(2)17-10)13-8(14)4-3-5-9(13)16-7/h3-6,16H,15H2,1-2H3. The van der Waals surface area contributed by atoms with Gasteiger partial charge in [-0.1, -0.05) is 6.07 Å². The zero-order valence-electron chi connectivity index (χ0n) is 10.2. The number of nitrogens with zero attached hydrogens (tertiary/aromatic N) is 2. The molecule has 0 saturated carbocycles. The Morgan fingerprint density at radius 1 is 1.39 bits per heavy atom. The van der Waals surface area contributed by atoms with E-state index in [9.17, 15) is 4.39 Å². The van der Waals surface area contributed by atoms with E-state index in [1.54, 1.807) is 23.9 Å². The van der Waals surface area contributed by atoms with Crippen molar-refractivity contribution in [1.82, 2.24) is 14.8 Å². The zero-order valence-corrected chi connectivity index (χ0v) is 10.2. The lowest BCUT2D eigenvalue weighted by molar-refractivity contribution is 0.640. The number of fused-ring (bicyclic) bond motifs is 1. The van der Waals surface area contributed by atoms with Crippen molar-refractivity contribution in [1.29, 1.82) is 0 Å². The number of halogens is 1. The maximum Gasteiger partial charge on any atom is 0.133 e. The molecule has 0 saturated heterocycles. The van der Waals surface area contributed by atoms with E-state index in [0.717, 1.165) is 16.8 Å². The molecule has 2 heterocycles. The summed E-state index contributed by atoms with van der Waals surface area (Å²) < 4.78 is 15.5. The maximum absolute atomic E-state index is 14.0. The van der Waals surface area contributed by atoms with Crippen LogP contribution < -0.4 is 5.73 Å². The normalized spacial score (nSPS) is 11.3. The van der Waals surface area contributed by atoms with E-state index < -0.39 is 0 Å². The summed E-state index contributed by atoms with van der Waals surface area (Å²) >= 11 is 0. The SMILES string of the molecule is Cc1[nH]c2cccc(F)c2c1-c1cc(N)n(C)n1. The molecule has 92 valence electrons. The van der Waals surface area contributed by atoms with E-state index in [1.165, 1.54) is 6.07 Å². The minimum Gasteiger partial charge on any atom is -0.384 e. The highest BCUT2D eigenvalue weighted by Gasteiger charge is 2.16. The van der Waals surface area contributed by atoms with Gasteiger partial charge in [-0.15, -0.1) is 0 Å². The minimum atomic E-state index is -0.254. The van der Waals surface area contributed by atoms with Crippen LogP contribution >= 0.6 is 0 Å². The molecule has 3 aromatic rings. The fraction of sp³-hybridized carbons (Fsp3) is 0.154. The molecule has 3 rings (SSSR count). The highest BCUT2D eigenvalue weighted by atomic mass is 19.1. The number of nitrogen functional groups attached to an aromatic ring is 1. The van der Waals surface area contributed by atoms with Crippen LogP contribution in [0.3, 0.4) is 0 Å². The molecular formula is C13H13FN4. The van der Waals surface area contributed by atoms with Gasteiger partial charge in [0, 0.05) is 35.3 Å². The lowest BCUT2D eigenvalue weighted by atomic mass is 10.1. The fourth-order valence-corrected chi connectivity index (χ4v) is 2.26. The summed E-state index contributed by atoms with van der Waals surface area (Å²) in [6, 6.07) is 6.73. The number of aromatic amines is 1. The Labute approximate surface area is 103 Å². The van der Waals surface area contributed by atoms with Crippen molar-refractivity contribution < 1.29 is 4.39 Å². The molecule has 0 radical (unpaired) electrons. The Hall–Kier alpha value is -2.30. The number of aromatic nitrogens is 3. The van der Waals surface area contributed by atoms with Gasteiger partial charge in [0.1, 0.15) is 11.6 Å². The first-order chi connectivity index (χ1) is 8.58. The number of hydrogen-bond acceptors (Lipinski definition) is 2. The van der Waals surface area contributed by atoms with Crippen molar-refractivity contribution in [2.24, 2.45) is 7.05 Å². The number of nitrogens with one attached hydrogen (secondary N) is 1. The topological polar surface area (TPSA) is 59.6 Å².